The molecule has 0 bridgehead atoms. The zero-order valence-electron chi connectivity index (χ0n) is 15.0. The number of hydrogen-bond acceptors (Lipinski definition) is 1. The number of hydrogen-bond donors (Lipinski definition) is 0. The average Bonchev–Trinajstić information content (AvgIpc) is 2.65. The Bertz CT molecular complexity index is 863. The van der Waals surface area contributed by atoms with E-state index in [9.17, 15) is 9.18 Å². The van der Waals surface area contributed by atoms with E-state index in [2.05, 4.69) is 0 Å². The smallest absolute Gasteiger partial charge is 0.137 e. The van der Waals surface area contributed by atoms with Crippen molar-refractivity contribution in [1.29, 1.82) is 0 Å². The van der Waals surface area contributed by atoms with E-state index in [0.29, 0.717) is 18.4 Å². The van der Waals surface area contributed by atoms with Crippen LogP contribution in [0.5, 0.6) is 0 Å². The maximum Gasteiger partial charge on any atom is 0.137 e. The number of Topliss-reactive ketones (excluding diaryl/α,β-unsaturated/α-hetero) is 1. The van der Waals surface area contributed by atoms with Crippen LogP contribution in [-0.4, -0.2) is 5.78 Å². The monoisotopic (exact) mass is 346 g/mol. The molecule has 0 N–H and O–H groups in total. The molecule has 3 rings (SSSR count). The molecule has 0 spiro atoms. The van der Waals surface area contributed by atoms with Gasteiger partial charge in [-0.3, -0.25) is 4.79 Å². The van der Waals surface area contributed by atoms with E-state index in [-0.39, 0.29) is 11.6 Å². The second-order valence-electron chi connectivity index (χ2n) is 6.73. The minimum atomic E-state index is -0.207. The Hall–Kier alpha value is -2.74. The summed E-state index contributed by atoms with van der Waals surface area (Å²) in [5.41, 5.74) is 4.96. The summed E-state index contributed by atoms with van der Waals surface area (Å²) >= 11 is 0. The fourth-order valence-corrected chi connectivity index (χ4v) is 3.06. The van der Waals surface area contributed by atoms with Crippen LogP contribution >= 0.6 is 0 Å². The number of carbonyl (C=O) groups excluding carboxylic acids is 1. The Balaban J connectivity index is 1.50. The van der Waals surface area contributed by atoms with Gasteiger partial charge in [-0.05, 0) is 42.5 Å². The normalized spacial score (nSPS) is 10.7. The number of benzene rings is 3. The predicted molar refractivity (Wildman–Crippen MR) is 105 cm³/mol. The molecule has 2 heteroatoms. The molecular weight excluding hydrogens is 323 g/mol. The lowest BCUT2D eigenvalue weighted by Crippen LogP contribution is -2.03. The van der Waals surface area contributed by atoms with Gasteiger partial charge in [-0.1, -0.05) is 72.3 Å². The fraction of sp³-hybridized carbons (Fsp3) is 0.208. The van der Waals surface area contributed by atoms with Crippen LogP contribution in [0.4, 0.5) is 4.39 Å². The van der Waals surface area contributed by atoms with Gasteiger partial charge in [0, 0.05) is 18.4 Å². The highest BCUT2D eigenvalue weighted by atomic mass is 19.1. The highest BCUT2D eigenvalue weighted by Crippen LogP contribution is 2.23. The van der Waals surface area contributed by atoms with E-state index in [1.165, 1.54) is 17.2 Å². The van der Waals surface area contributed by atoms with Gasteiger partial charge in [-0.15, -0.1) is 0 Å². The van der Waals surface area contributed by atoms with Gasteiger partial charge in [0.2, 0.25) is 0 Å². The lowest BCUT2D eigenvalue weighted by atomic mass is 9.99. The zero-order valence-corrected chi connectivity index (χ0v) is 15.0. The molecule has 0 amide bonds. The van der Waals surface area contributed by atoms with Gasteiger partial charge in [-0.25, -0.2) is 4.39 Å². The van der Waals surface area contributed by atoms with Crippen molar-refractivity contribution in [2.75, 3.05) is 0 Å². The third kappa shape index (κ3) is 4.89. The maximum absolute atomic E-state index is 13.8. The van der Waals surface area contributed by atoms with Crippen LogP contribution in [0.2, 0.25) is 0 Å². The minimum absolute atomic E-state index is 0.207. The molecule has 0 unspecified atom stereocenters. The zero-order chi connectivity index (χ0) is 18.4. The molecule has 0 saturated carbocycles. The first-order valence-electron chi connectivity index (χ1n) is 9.03. The maximum atomic E-state index is 13.8. The van der Waals surface area contributed by atoms with Crippen molar-refractivity contribution in [2.45, 2.75) is 32.6 Å². The molecule has 3 aromatic carbocycles. The Labute approximate surface area is 154 Å². The molecule has 0 aromatic heterocycles. The first-order chi connectivity index (χ1) is 12.6. The quantitative estimate of drug-likeness (QED) is 0.518. The molecular formula is C24H23FO. The molecule has 3 aromatic rings. The van der Waals surface area contributed by atoms with Crippen LogP contribution < -0.4 is 0 Å². The van der Waals surface area contributed by atoms with E-state index in [4.69, 9.17) is 0 Å². The number of aryl methyl sites for hydroxylation is 2. The van der Waals surface area contributed by atoms with Crippen LogP contribution in [0.15, 0.2) is 72.8 Å². The molecule has 0 radical (unpaired) electrons. The van der Waals surface area contributed by atoms with E-state index in [1.54, 1.807) is 12.1 Å². The number of carbonyl (C=O) groups is 1. The van der Waals surface area contributed by atoms with Crippen LogP contribution in [0.1, 0.15) is 29.5 Å². The Morgan fingerprint density at radius 1 is 0.846 bits per heavy atom. The van der Waals surface area contributed by atoms with Gasteiger partial charge < -0.3 is 0 Å². The van der Waals surface area contributed by atoms with Crippen molar-refractivity contribution < 1.29 is 9.18 Å². The second kappa shape index (κ2) is 8.57. The van der Waals surface area contributed by atoms with Crippen LogP contribution in [0.25, 0.3) is 11.1 Å². The van der Waals surface area contributed by atoms with Gasteiger partial charge in [-0.2, -0.15) is 0 Å². The van der Waals surface area contributed by atoms with Crippen molar-refractivity contribution in [1.82, 2.24) is 0 Å². The largest absolute Gasteiger partial charge is 0.299 e. The Kier molecular flexibility index (Phi) is 5.96. The van der Waals surface area contributed by atoms with Gasteiger partial charge in [0.25, 0.3) is 0 Å². The molecule has 0 fully saturated rings. The molecule has 0 aliphatic rings. The summed E-state index contributed by atoms with van der Waals surface area (Å²) in [6.45, 7) is 2.04. The summed E-state index contributed by atoms with van der Waals surface area (Å²) in [4.78, 5) is 12.1. The van der Waals surface area contributed by atoms with E-state index >= 15 is 0 Å². The summed E-state index contributed by atoms with van der Waals surface area (Å²) in [6.07, 6.45) is 2.79. The topological polar surface area (TPSA) is 17.1 Å². The second-order valence-corrected chi connectivity index (χ2v) is 6.73. The molecule has 0 aliphatic carbocycles. The molecule has 0 heterocycles. The highest BCUT2D eigenvalue weighted by Gasteiger charge is 2.06. The Morgan fingerprint density at radius 2 is 1.50 bits per heavy atom. The van der Waals surface area contributed by atoms with Gasteiger partial charge >= 0.3 is 0 Å². The van der Waals surface area contributed by atoms with Crippen LogP contribution in [-0.2, 0) is 17.6 Å². The SMILES string of the molecule is Cc1ccc(CC(=O)CCCc2ccc(-c3ccccc3F)cc2)cc1. The first kappa shape index (κ1) is 18.1. The highest BCUT2D eigenvalue weighted by molar-refractivity contribution is 5.80. The van der Waals surface area contributed by atoms with Crippen LogP contribution in [0.3, 0.4) is 0 Å². The summed E-state index contributed by atoms with van der Waals surface area (Å²) in [5.74, 6) is 0.0683. The summed E-state index contributed by atoms with van der Waals surface area (Å²) in [6, 6.07) is 22.9. The van der Waals surface area contributed by atoms with Crippen molar-refractivity contribution in [3.05, 3.63) is 95.3 Å². The Morgan fingerprint density at radius 3 is 2.19 bits per heavy atom. The molecule has 0 aliphatic heterocycles. The van der Waals surface area contributed by atoms with Crippen molar-refractivity contribution in [2.24, 2.45) is 0 Å². The summed E-state index contributed by atoms with van der Waals surface area (Å²) in [5, 5.41) is 0. The van der Waals surface area contributed by atoms with Gasteiger partial charge in [0.05, 0.1) is 0 Å². The van der Waals surface area contributed by atoms with E-state index in [1.807, 2.05) is 61.5 Å². The third-order valence-electron chi connectivity index (χ3n) is 4.58. The minimum Gasteiger partial charge on any atom is -0.299 e. The molecule has 132 valence electrons. The molecule has 1 nitrogen and oxygen atoms in total. The van der Waals surface area contributed by atoms with E-state index in [0.717, 1.165) is 24.0 Å². The first-order valence-corrected chi connectivity index (χ1v) is 9.03. The van der Waals surface area contributed by atoms with Crippen molar-refractivity contribution in [3.63, 3.8) is 0 Å². The number of ketones is 1. The van der Waals surface area contributed by atoms with Gasteiger partial charge in [0.15, 0.2) is 0 Å². The lowest BCUT2D eigenvalue weighted by Gasteiger charge is -2.06. The predicted octanol–water partition coefficient (Wildman–Crippen LogP) is 5.94. The van der Waals surface area contributed by atoms with Crippen LogP contribution in [0, 0.1) is 12.7 Å². The summed E-state index contributed by atoms with van der Waals surface area (Å²) in [7, 11) is 0. The van der Waals surface area contributed by atoms with Crippen molar-refractivity contribution >= 4 is 5.78 Å². The number of rotatable bonds is 7. The summed E-state index contributed by atoms with van der Waals surface area (Å²) < 4.78 is 13.8. The fourth-order valence-electron chi connectivity index (χ4n) is 3.06. The lowest BCUT2D eigenvalue weighted by molar-refractivity contribution is -0.118. The third-order valence-corrected chi connectivity index (χ3v) is 4.58. The molecule has 0 atom stereocenters. The molecule has 0 saturated heterocycles. The van der Waals surface area contributed by atoms with Gasteiger partial charge in [0.1, 0.15) is 11.6 Å². The van der Waals surface area contributed by atoms with E-state index < -0.39 is 0 Å². The van der Waals surface area contributed by atoms with Crippen molar-refractivity contribution in [3.8, 4) is 11.1 Å². The number of halogens is 1. The average molecular weight is 346 g/mol. The molecule has 26 heavy (non-hydrogen) atoms. The standard InChI is InChI=1S/C24H23FO/c1-18-9-11-20(12-10-18)17-22(26)6-4-5-19-13-15-21(16-14-19)23-7-2-3-8-24(23)25/h2-3,7-16H,4-6,17H2,1H3.